The van der Waals surface area contributed by atoms with Crippen molar-refractivity contribution in [3.8, 4) is 0 Å². The number of esters is 1. The fourth-order valence-electron chi connectivity index (χ4n) is 1.85. The number of ether oxygens (including phenoxy) is 2. The van der Waals surface area contributed by atoms with Crippen LogP contribution in [0.15, 0.2) is 12.2 Å². The molecule has 4 heteroatoms. The maximum atomic E-state index is 11.5. The van der Waals surface area contributed by atoms with E-state index in [1.807, 2.05) is 12.2 Å². The molecular weight excluding hydrogens is 184 g/mol. The number of aliphatic hydroxyl groups is 1. The normalized spacial score (nSPS) is 33.6. The summed E-state index contributed by atoms with van der Waals surface area (Å²) in [5.74, 6) is -0.334. The number of carbonyl (C=O) groups excluding carboxylic acids is 1. The lowest BCUT2D eigenvalue weighted by atomic mass is 9.95. The summed E-state index contributed by atoms with van der Waals surface area (Å²) in [6, 6.07) is 0. The van der Waals surface area contributed by atoms with Crippen molar-refractivity contribution < 1.29 is 19.4 Å². The third kappa shape index (κ3) is 1.81. The van der Waals surface area contributed by atoms with Gasteiger partial charge in [0.05, 0.1) is 24.7 Å². The van der Waals surface area contributed by atoms with Crippen molar-refractivity contribution >= 4 is 5.97 Å². The zero-order chi connectivity index (χ0) is 9.97. The minimum Gasteiger partial charge on any atom is -0.465 e. The van der Waals surface area contributed by atoms with Crippen LogP contribution in [0.25, 0.3) is 0 Å². The van der Waals surface area contributed by atoms with Crippen LogP contribution >= 0.6 is 0 Å². The van der Waals surface area contributed by atoms with Crippen LogP contribution in [0.3, 0.4) is 0 Å². The van der Waals surface area contributed by atoms with Crippen molar-refractivity contribution in [1.29, 1.82) is 0 Å². The molecule has 0 aromatic carbocycles. The summed E-state index contributed by atoms with van der Waals surface area (Å²) < 4.78 is 10.5. The summed E-state index contributed by atoms with van der Waals surface area (Å²) in [7, 11) is 0. The minimum absolute atomic E-state index is 0.0560. The van der Waals surface area contributed by atoms with Crippen molar-refractivity contribution in [1.82, 2.24) is 0 Å². The van der Waals surface area contributed by atoms with Crippen molar-refractivity contribution in [3.05, 3.63) is 12.2 Å². The van der Waals surface area contributed by atoms with Gasteiger partial charge >= 0.3 is 5.97 Å². The second-order valence-corrected chi connectivity index (χ2v) is 3.61. The Bertz CT molecular complexity index is 249. The van der Waals surface area contributed by atoms with Crippen LogP contribution in [0.1, 0.15) is 12.8 Å². The number of aliphatic hydroxyl groups excluding tert-OH is 1. The lowest BCUT2D eigenvalue weighted by molar-refractivity contribution is -0.149. The topological polar surface area (TPSA) is 55.8 Å². The molecule has 2 aliphatic heterocycles. The van der Waals surface area contributed by atoms with E-state index in [1.54, 1.807) is 0 Å². The van der Waals surface area contributed by atoms with Crippen molar-refractivity contribution in [2.45, 2.75) is 25.0 Å². The second-order valence-electron chi connectivity index (χ2n) is 3.61. The first-order valence-electron chi connectivity index (χ1n) is 4.92. The molecule has 2 aliphatic rings. The van der Waals surface area contributed by atoms with Gasteiger partial charge in [0.25, 0.3) is 0 Å². The Morgan fingerprint density at radius 3 is 3.00 bits per heavy atom. The average molecular weight is 198 g/mol. The number of hydrogen-bond donors (Lipinski definition) is 1. The molecule has 1 N–H and O–H groups in total. The molecule has 1 saturated heterocycles. The Morgan fingerprint density at radius 1 is 1.57 bits per heavy atom. The van der Waals surface area contributed by atoms with Crippen LogP contribution in [0.2, 0.25) is 0 Å². The third-order valence-corrected chi connectivity index (χ3v) is 2.58. The van der Waals surface area contributed by atoms with Crippen LogP contribution in [0, 0.1) is 5.92 Å². The fraction of sp³-hybridized carbons (Fsp3) is 0.700. The first-order valence-corrected chi connectivity index (χ1v) is 4.92. The molecule has 2 bridgehead atoms. The first-order chi connectivity index (χ1) is 6.81. The van der Waals surface area contributed by atoms with E-state index in [0.717, 1.165) is 6.42 Å². The maximum Gasteiger partial charge on any atom is 0.312 e. The Kier molecular flexibility index (Phi) is 2.84. The third-order valence-electron chi connectivity index (χ3n) is 2.58. The predicted octanol–water partition coefficient (Wildman–Crippen LogP) is 0.256. The van der Waals surface area contributed by atoms with Gasteiger partial charge in [-0.05, 0) is 6.42 Å². The zero-order valence-electron chi connectivity index (χ0n) is 7.89. The second kappa shape index (κ2) is 4.11. The van der Waals surface area contributed by atoms with Crippen molar-refractivity contribution in [2.24, 2.45) is 5.92 Å². The highest BCUT2D eigenvalue weighted by molar-refractivity contribution is 5.74. The molecule has 0 saturated carbocycles. The average Bonchev–Trinajstić information content (AvgIpc) is 2.79. The van der Waals surface area contributed by atoms with E-state index in [2.05, 4.69) is 0 Å². The monoisotopic (exact) mass is 198 g/mol. The van der Waals surface area contributed by atoms with Gasteiger partial charge in [-0.1, -0.05) is 12.2 Å². The highest BCUT2D eigenvalue weighted by atomic mass is 16.5. The molecule has 0 amide bonds. The van der Waals surface area contributed by atoms with E-state index < -0.39 is 0 Å². The predicted molar refractivity (Wildman–Crippen MR) is 48.6 cm³/mol. The van der Waals surface area contributed by atoms with E-state index >= 15 is 0 Å². The quantitative estimate of drug-likeness (QED) is 0.400. The molecule has 2 rings (SSSR count). The van der Waals surface area contributed by atoms with Crippen molar-refractivity contribution in [2.75, 3.05) is 13.2 Å². The Balaban J connectivity index is 1.79. The number of carbonyl (C=O) groups is 1. The van der Waals surface area contributed by atoms with Crippen LogP contribution in [-0.2, 0) is 14.3 Å². The van der Waals surface area contributed by atoms with Gasteiger partial charge < -0.3 is 14.6 Å². The van der Waals surface area contributed by atoms with Gasteiger partial charge in [0.1, 0.15) is 0 Å². The van der Waals surface area contributed by atoms with Gasteiger partial charge in [-0.15, -0.1) is 0 Å². The van der Waals surface area contributed by atoms with Gasteiger partial charge in [-0.25, -0.2) is 0 Å². The SMILES string of the molecule is O=C(OCCCO)C1CC2C=CC1O2. The summed E-state index contributed by atoms with van der Waals surface area (Å²) in [6.45, 7) is 0.355. The zero-order valence-corrected chi connectivity index (χ0v) is 7.89. The molecule has 0 aromatic rings. The smallest absolute Gasteiger partial charge is 0.312 e. The van der Waals surface area contributed by atoms with Gasteiger partial charge in [-0.3, -0.25) is 4.79 Å². The Hall–Kier alpha value is -0.870. The molecule has 1 fully saturated rings. The molecule has 3 atom stereocenters. The minimum atomic E-state index is -0.199. The summed E-state index contributed by atoms with van der Waals surface area (Å²) in [5, 5.41) is 8.52. The van der Waals surface area contributed by atoms with E-state index in [4.69, 9.17) is 14.6 Å². The summed E-state index contributed by atoms with van der Waals surface area (Å²) in [5.41, 5.74) is 0. The highest BCUT2D eigenvalue weighted by Gasteiger charge is 2.41. The van der Waals surface area contributed by atoms with E-state index in [1.165, 1.54) is 0 Å². The molecule has 0 aromatic heterocycles. The molecule has 0 spiro atoms. The van der Waals surface area contributed by atoms with Crippen molar-refractivity contribution in [3.63, 3.8) is 0 Å². The summed E-state index contributed by atoms with van der Waals surface area (Å²) in [4.78, 5) is 11.5. The lowest BCUT2D eigenvalue weighted by Crippen LogP contribution is -2.25. The molecular formula is C10H14O4. The molecule has 2 heterocycles. The van der Waals surface area contributed by atoms with Crippen LogP contribution < -0.4 is 0 Å². The van der Waals surface area contributed by atoms with E-state index in [9.17, 15) is 4.79 Å². The molecule has 4 nitrogen and oxygen atoms in total. The standard InChI is InChI=1S/C10H14O4/c11-4-1-5-13-10(12)8-6-7-2-3-9(8)14-7/h2-3,7-9,11H,1,4-6H2. The maximum absolute atomic E-state index is 11.5. The van der Waals surface area contributed by atoms with Crippen LogP contribution in [0.4, 0.5) is 0 Å². The van der Waals surface area contributed by atoms with Crippen LogP contribution in [-0.4, -0.2) is 36.5 Å². The fourth-order valence-corrected chi connectivity index (χ4v) is 1.85. The van der Waals surface area contributed by atoms with Gasteiger partial charge in [0.15, 0.2) is 0 Å². The van der Waals surface area contributed by atoms with Gasteiger partial charge in [0, 0.05) is 13.0 Å². The Morgan fingerprint density at radius 2 is 2.43 bits per heavy atom. The largest absolute Gasteiger partial charge is 0.465 e. The summed E-state index contributed by atoms with van der Waals surface area (Å²) in [6.07, 6.45) is 5.17. The van der Waals surface area contributed by atoms with E-state index in [0.29, 0.717) is 13.0 Å². The van der Waals surface area contributed by atoms with Gasteiger partial charge in [-0.2, -0.15) is 0 Å². The number of fused-ring (bicyclic) bond motifs is 2. The molecule has 0 radical (unpaired) electrons. The van der Waals surface area contributed by atoms with Gasteiger partial charge in [0.2, 0.25) is 0 Å². The molecule has 0 aliphatic carbocycles. The van der Waals surface area contributed by atoms with Crippen LogP contribution in [0.5, 0.6) is 0 Å². The lowest BCUT2D eigenvalue weighted by Gasteiger charge is -2.13. The first kappa shape index (κ1) is 9.68. The number of hydrogen-bond acceptors (Lipinski definition) is 4. The molecule has 3 unspecified atom stereocenters. The highest BCUT2D eigenvalue weighted by Crippen LogP contribution is 2.34. The number of rotatable bonds is 4. The molecule has 78 valence electrons. The van der Waals surface area contributed by atoms with E-state index in [-0.39, 0.29) is 30.7 Å². The molecule has 14 heavy (non-hydrogen) atoms. The summed E-state index contributed by atoms with van der Waals surface area (Å²) >= 11 is 0. The Labute approximate surface area is 82.5 Å².